The largest absolute Gasteiger partial charge is 0.350 e. The highest BCUT2D eigenvalue weighted by Gasteiger charge is 2.21. The first kappa shape index (κ1) is 23.5. The summed E-state index contributed by atoms with van der Waals surface area (Å²) in [4.78, 5) is 36.0. The van der Waals surface area contributed by atoms with E-state index >= 15 is 0 Å². The number of amides is 4. The average molecular weight is 451 g/mol. The minimum Gasteiger partial charge on any atom is -0.350 e. The Kier molecular flexibility index (Phi) is 8.08. The maximum atomic E-state index is 12.2. The van der Waals surface area contributed by atoms with Gasteiger partial charge in [0.25, 0.3) is 5.91 Å². The third-order valence-electron chi connectivity index (χ3n) is 3.96. The van der Waals surface area contributed by atoms with Crippen molar-refractivity contribution in [3.8, 4) is 0 Å². The Hall–Kier alpha value is -2.77. The van der Waals surface area contributed by atoms with E-state index < -0.39 is 11.4 Å². The van der Waals surface area contributed by atoms with E-state index in [-0.39, 0.29) is 24.9 Å². The molecule has 0 saturated heterocycles. The minimum absolute atomic E-state index is 0.107. The second-order valence-corrected chi connectivity index (χ2v) is 8.36. The fraction of sp³-hybridized carbons (Fsp3) is 0.286. The highest BCUT2D eigenvalue weighted by molar-refractivity contribution is 6.42. The molecule has 0 spiro atoms. The molecule has 0 radical (unpaired) electrons. The summed E-state index contributed by atoms with van der Waals surface area (Å²) in [7, 11) is 0. The molecule has 2 aromatic carbocycles. The molecule has 7 nitrogen and oxygen atoms in total. The number of carbonyl (C=O) groups is 3. The molecule has 0 bridgehead atoms. The molecule has 2 aromatic rings. The lowest BCUT2D eigenvalue weighted by atomic mass is 9.95. The zero-order valence-corrected chi connectivity index (χ0v) is 18.4. The van der Waals surface area contributed by atoms with Gasteiger partial charge in [-0.1, -0.05) is 44.0 Å². The Bertz CT molecular complexity index is 925. The van der Waals surface area contributed by atoms with Gasteiger partial charge in [0.2, 0.25) is 5.91 Å². The summed E-state index contributed by atoms with van der Waals surface area (Å²) < 4.78 is 0. The summed E-state index contributed by atoms with van der Waals surface area (Å²) in [6.07, 6.45) is 0. The van der Waals surface area contributed by atoms with Crippen molar-refractivity contribution in [3.63, 3.8) is 0 Å². The van der Waals surface area contributed by atoms with E-state index in [9.17, 15) is 14.4 Å². The first-order valence-electron chi connectivity index (χ1n) is 9.26. The summed E-state index contributed by atoms with van der Waals surface area (Å²) in [5, 5.41) is 11.5. The van der Waals surface area contributed by atoms with Gasteiger partial charge in [0.1, 0.15) is 0 Å². The van der Waals surface area contributed by atoms with Crippen LogP contribution in [0.5, 0.6) is 0 Å². The zero-order chi connectivity index (χ0) is 22.3. The van der Waals surface area contributed by atoms with Crippen molar-refractivity contribution in [2.75, 3.05) is 23.7 Å². The van der Waals surface area contributed by atoms with Gasteiger partial charge in [-0.05, 0) is 42.5 Å². The maximum absolute atomic E-state index is 12.2. The standard InChI is InChI=1S/C21H24Cl2N4O3/c1-21(2,3)19(29)26-14-6-4-13(5-7-14)18(28)24-10-11-25-20(30)27-15-8-9-16(22)17(23)12-15/h4-9,12H,10-11H2,1-3H3,(H,24,28)(H,26,29)(H2,25,27,30). The predicted molar refractivity (Wildman–Crippen MR) is 120 cm³/mol. The summed E-state index contributed by atoms with van der Waals surface area (Å²) in [6, 6.07) is 10.9. The molecular formula is C21H24Cl2N4O3. The van der Waals surface area contributed by atoms with Crippen molar-refractivity contribution in [2.45, 2.75) is 20.8 Å². The summed E-state index contributed by atoms with van der Waals surface area (Å²) in [6.45, 7) is 5.95. The van der Waals surface area contributed by atoms with Crippen molar-refractivity contribution < 1.29 is 14.4 Å². The lowest BCUT2D eigenvalue weighted by Crippen LogP contribution is -2.36. The third-order valence-corrected chi connectivity index (χ3v) is 4.70. The van der Waals surface area contributed by atoms with Gasteiger partial charge in [-0.2, -0.15) is 0 Å². The van der Waals surface area contributed by atoms with E-state index in [1.165, 1.54) is 0 Å². The SMILES string of the molecule is CC(C)(C)C(=O)Nc1ccc(C(=O)NCCNC(=O)Nc2ccc(Cl)c(Cl)c2)cc1. The molecule has 0 atom stereocenters. The van der Waals surface area contributed by atoms with Crippen molar-refractivity contribution >= 4 is 52.4 Å². The van der Waals surface area contributed by atoms with Crippen LogP contribution < -0.4 is 21.3 Å². The fourth-order valence-electron chi connectivity index (χ4n) is 2.23. The van der Waals surface area contributed by atoms with Gasteiger partial charge in [-0.3, -0.25) is 9.59 Å². The molecule has 2 rings (SSSR count). The van der Waals surface area contributed by atoms with Crippen LogP contribution in [0.25, 0.3) is 0 Å². The van der Waals surface area contributed by atoms with Crippen LogP contribution in [0.2, 0.25) is 10.0 Å². The molecule has 0 heterocycles. The van der Waals surface area contributed by atoms with Gasteiger partial charge in [0.15, 0.2) is 0 Å². The lowest BCUT2D eigenvalue weighted by molar-refractivity contribution is -0.123. The quantitative estimate of drug-likeness (QED) is 0.486. The maximum Gasteiger partial charge on any atom is 0.319 e. The molecule has 4 N–H and O–H groups in total. The molecule has 9 heteroatoms. The Labute approximate surface area is 185 Å². The van der Waals surface area contributed by atoms with Crippen LogP contribution in [0.1, 0.15) is 31.1 Å². The molecule has 0 aliphatic carbocycles. The van der Waals surface area contributed by atoms with Crippen LogP contribution in [0.4, 0.5) is 16.2 Å². The smallest absolute Gasteiger partial charge is 0.319 e. The molecule has 0 fully saturated rings. The number of rotatable bonds is 6. The minimum atomic E-state index is -0.505. The predicted octanol–water partition coefficient (Wildman–Crippen LogP) is 4.53. The van der Waals surface area contributed by atoms with Crippen LogP contribution in [0, 0.1) is 5.41 Å². The number of carbonyl (C=O) groups excluding carboxylic acids is 3. The van der Waals surface area contributed by atoms with E-state index in [1.54, 1.807) is 42.5 Å². The van der Waals surface area contributed by atoms with Gasteiger partial charge in [0, 0.05) is 35.4 Å². The Morgan fingerprint density at radius 2 is 1.40 bits per heavy atom. The highest BCUT2D eigenvalue weighted by Crippen LogP contribution is 2.24. The molecule has 0 saturated carbocycles. The van der Waals surface area contributed by atoms with Crippen LogP contribution in [0.15, 0.2) is 42.5 Å². The topological polar surface area (TPSA) is 99.3 Å². The number of hydrogen-bond donors (Lipinski definition) is 4. The van der Waals surface area contributed by atoms with Gasteiger partial charge in [-0.15, -0.1) is 0 Å². The number of benzene rings is 2. The van der Waals surface area contributed by atoms with Crippen molar-refractivity contribution in [1.29, 1.82) is 0 Å². The Morgan fingerprint density at radius 1 is 0.800 bits per heavy atom. The molecule has 0 aliphatic heterocycles. The highest BCUT2D eigenvalue weighted by atomic mass is 35.5. The molecule has 0 aliphatic rings. The number of anilines is 2. The van der Waals surface area contributed by atoms with Gasteiger partial charge >= 0.3 is 6.03 Å². The molecular weight excluding hydrogens is 427 g/mol. The third kappa shape index (κ3) is 7.24. The summed E-state index contributed by atoms with van der Waals surface area (Å²) >= 11 is 11.7. The Morgan fingerprint density at radius 3 is 2.00 bits per heavy atom. The van der Waals surface area contributed by atoms with E-state index in [0.717, 1.165) is 0 Å². The summed E-state index contributed by atoms with van der Waals surface area (Å²) in [5.74, 6) is -0.389. The average Bonchev–Trinajstić information content (AvgIpc) is 2.68. The Balaban J connectivity index is 1.74. The number of nitrogens with one attached hydrogen (secondary N) is 4. The second-order valence-electron chi connectivity index (χ2n) is 7.55. The van der Waals surface area contributed by atoms with Crippen molar-refractivity contribution in [3.05, 3.63) is 58.1 Å². The van der Waals surface area contributed by atoms with Crippen LogP contribution in [-0.2, 0) is 4.79 Å². The van der Waals surface area contributed by atoms with Crippen LogP contribution in [0.3, 0.4) is 0 Å². The van der Waals surface area contributed by atoms with Gasteiger partial charge in [0.05, 0.1) is 10.0 Å². The lowest BCUT2D eigenvalue weighted by Gasteiger charge is -2.17. The normalized spacial score (nSPS) is 10.8. The van der Waals surface area contributed by atoms with E-state index in [2.05, 4.69) is 21.3 Å². The van der Waals surface area contributed by atoms with Crippen molar-refractivity contribution in [1.82, 2.24) is 10.6 Å². The number of urea groups is 1. The van der Waals surface area contributed by atoms with Gasteiger partial charge in [-0.25, -0.2) is 4.79 Å². The molecule has 30 heavy (non-hydrogen) atoms. The van der Waals surface area contributed by atoms with Crippen LogP contribution in [-0.4, -0.2) is 30.9 Å². The van der Waals surface area contributed by atoms with Crippen molar-refractivity contribution in [2.24, 2.45) is 5.41 Å². The summed E-state index contributed by atoms with van der Waals surface area (Å²) in [5.41, 5.74) is 1.07. The number of halogens is 2. The van der Waals surface area contributed by atoms with E-state index in [1.807, 2.05) is 20.8 Å². The fourth-order valence-corrected chi connectivity index (χ4v) is 2.52. The second kappa shape index (κ2) is 10.3. The van der Waals surface area contributed by atoms with E-state index in [4.69, 9.17) is 23.2 Å². The molecule has 160 valence electrons. The van der Waals surface area contributed by atoms with Gasteiger partial charge < -0.3 is 21.3 Å². The molecule has 0 aromatic heterocycles. The van der Waals surface area contributed by atoms with E-state index in [0.29, 0.717) is 27.0 Å². The number of hydrogen-bond acceptors (Lipinski definition) is 3. The molecule has 4 amide bonds. The first-order chi connectivity index (χ1) is 14.1. The van der Waals surface area contributed by atoms with Crippen LogP contribution >= 0.6 is 23.2 Å². The molecule has 0 unspecified atom stereocenters. The first-order valence-corrected chi connectivity index (χ1v) is 10.0. The zero-order valence-electron chi connectivity index (χ0n) is 16.9. The monoisotopic (exact) mass is 450 g/mol.